The van der Waals surface area contributed by atoms with Gasteiger partial charge in [0.2, 0.25) is 5.91 Å². The highest BCUT2D eigenvalue weighted by Gasteiger charge is 2.47. The predicted octanol–water partition coefficient (Wildman–Crippen LogP) is 4.35. The van der Waals surface area contributed by atoms with Gasteiger partial charge in [0, 0.05) is 23.6 Å². The fourth-order valence-electron chi connectivity index (χ4n) is 4.35. The number of carbonyl (C=O) groups excluding carboxylic acids is 1. The third-order valence-electron chi connectivity index (χ3n) is 6.81. The quantitative estimate of drug-likeness (QED) is 0.745. The predicted molar refractivity (Wildman–Crippen MR) is 103 cm³/mol. The zero-order valence-electron chi connectivity index (χ0n) is 16.1. The van der Waals surface area contributed by atoms with Gasteiger partial charge in [0.05, 0.1) is 0 Å². The van der Waals surface area contributed by atoms with Crippen LogP contribution in [0, 0.1) is 17.7 Å². The summed E-state index contributed by atoms with van der Waals surface area (Å²) in [6, 6.07) is 4.98. The van der Waals surface area contributed by atoms with Crippen LogP contribution >= 0.6 is 0 Å². The number of halogens is 1. The molecule has 0 aromatic heterocycles. The number of hydrogen-bond donors (Lipinski definition) is 0. The highest BCUT2D eigenvalue weighted by atomic mass is 19.1. The molecule has 0 radical (unpaired) electrons. The molecule has 26 heavy (non-hydrogen) atoms. The summed E-state index contributed by atoms with van der Waals surface area (Å²) in [4.78, 5) is 17.1. The molecule has 3 fully saturated rings. The van der Waals surface area contributed by atoms with Crippen molar-refractivity contribution in [3.05, 3.63) is 29.6 Å². The van der Waals surface area contributed by atoms with Crippen LogP contribution in [0.2, 0.25) is 0 Å². The summed E-state index contributed by atoms with van der Waals surface area (Å²) in [5.74, 6) is 1.35. The Bertz CT molecular complexity index is 673. The summed E-state index contributed by atoms with van der Waals surface area (Å²) in [6.45, 7) is 5.05. The first-order chi connectivity index (χ1) is 12.5. The molecule has 2 aliphatic carbocycles. The standard InChI is InChI=1S/C18H23FN2O.C4H8/c1-20-9-7-18(8-10-20)12-21(17(22)13-3-2-4-13)16-6-5-14(19)11-15(16)18;1-4-2-3-4/h5-6,11,13H,2-4,7-10,12H2,1H3;4H,2-3H2,1H3. The average Bonchev–Trinajstić information content (AvgIpc) is 3.30. The largest absolute Gasteiger partial charge is 0.311 e. The van der Waals surface area contributed by atoms with E-state index in [1.165, 1.54) is 18.9 Å². The van der Waals surface area contributed by atoms with Crippen molar-refractivity contribution in [1.82, 2.24) is 4.90 Å². The van der Waals surface area contributed by atoms with E-state index in [0.29, 0.717) is 0 Å². The molecular weight excluding hydrogens is 327 g/mol. The minimum absolute atomic E-state index is 0.0383. The van der Waals surface area contributed by atoms with Crippen LogP contribution in [0.3, 0.4) is 0 Å². The van der Waals surface area contributed by atoms with Crippen molar-refractivity contribution < 1.29 is 9.18 Å². The molecule has 1 saturated heterocycles. The van der Waals surface area contributed by atoms with Crippen molar-refractivity contribution in [2.75, 3.05) is 31.6 Å². The summed E-state index contributed by atoms with van der Waals surface area (Å²) >= 11 is 0. The molecule has 3 nitrogen and oxygen atoms in total. The molecule has 2 heterocycles. The van der Waals surface area contributed by atoms with Crippen molar-refractivity contribution >= 4 is 11.6 Å². The van der Waals surface area contributed by atoms with Gasteiger partial charge >= 0.3 is 0 Å². The van der Waals surface area contributed by atoms with Crippen LogP contribution in [-0.2, 0) is 10.2 Å². The van der Waals surface area contributed by atoms with Crippen LogP contribution in [0.25, 0.3) is 0 Å². The lowest BCUT2D eigenvalue weighted by molar-refractivity contribution is -0.124. The Balaban J connectivity index is 0.000000373. The van der Waals surface area contributed by atoms with E-state index >= 15 is 0 Å². The second-order valence-electron chi connectivity index (χ2n) is 8.98. The van der Waals surface area contributed by atoms with E-state index in [1.807, 2.05) is 11.0 Å². The molecule has 1 spiro atoms. The minimum atomic E-state index is -0.185. The maximum Gasteiger partial charge on any atom is 0.230 e. The highest BCUT2D eigenvalue weighted by Crippen LogP contribution is 2.48. The second kappa shape index (κ2) is 6.95. The number of likely N-dealkylation sites (tertiary alicyclic amines) is 1. The molecule has 0 bridgehead atoms. The van der Waals surface area contributed by atoms with Gasteiger partial charge < -0.3 is 9.80 Å². The maximum atomic E-state index is 13.8. The number of anilines is 1. The first kappa shape index (κ1) is 18.0. The lowest BCUT2D eigenvalue weighted by atomic mass is 9.74. The van der Waals surface area contributed by atoms with E-state index in [4.69, 9.17) is 0 Å². The number of rotatable bonds is 1. The topological polar surface area (TPSA) is 23.6 Å². The van der Waals surface area contributed by atoms with E-state index in [-0.39, 0.29) is 23.1 Å². The summed E-state index contributed by atoms with van der Waals surface area (Å²) in [5, 5.41) is 0. The average molecular weight is 359 g/mol. The number of piperidine rings is 1. The summed E-state index contributed by atoms with van der Waals surface area (Å²) in [7, 11) is 2.13. The second-order valence-corrected chi connectivity index (χ2v) is 8.98. The first-order valence-corrected chi connectivity index (χ1v) is 10.3. The van der Waals surface area contributed by atoms with Crippen LogP contribution < -0.4 is 4.90 Å². The van der Waals surface area contributed by atoms with Gasteiger partial charge in [-0.05, 0) is 75.5 Å². The van der Waals surface area contributed by atoms with E-state index in [0.717, 1.165) is 68.9 Å². The van der Waals surface area contributed by atoms with Crippen molar-refractivity contribution in [3.8, 4) is 0 Å². The maximum absolute atomic E-state index is 13.8. The fraction of sp³-hybridized carbons (Fsp3) is 0.682. The molecule has 4 aliphatic rings. The lowest BCUT2D eigenvalue weighted by Crippen LogP contribution is -2.46. The van der Waals surface area contributed by atoms with Crippen LogP contribution in [0.15, 0.2) is 18.2 Å². The lowest BCUT2D eigenvalue weighted by Gasteiger charge is -2.38. The summed E-state index contributed by atoms with van der Waals surface area (Å²) < 4.78 is 13.8. The molecule has 5 rings (SSSR count). The Labute approximate surface area is 156 Å². The Kier molecular flexibility index (Phi) is 4.81. The van der Waals surface area contributed by atoms with Crippen molar-refractivity contribution in [3.63, 3.8) is 0 Å². The van der Waals surface area contributed by atoms with E-state index < -0.39 is 0 Å². The van der Waals surface area contributed by atoms with Crippen molar-refractivity contribution in [2.24, 2.45) is 11.8 Å². The van der Waals surface area contributed by atoms with Gasteiger partial charge in [-0.2, -0.15) is 0 Å². The Morgan fingerprint density at radius 2 is 1.81 bits per heavy atom. The number of hydrogen-bond acceptors (Lipinski definition) is 2. The zero-order valence-corrected chi connectivity index (χ0v) is 16.1. The van der Waals surface area contributed by atoms with Crippen LogP contribution in [-0.4, -0.2) is 37.5 Å². The van der Waals surface area contributed by atoms with Crippen LogP contribution in [0.1, 0.15) is 57.4 Å². The summed E-state index contributed by atoms with van der Waals surface area (Å²) in [5.41, 5.74) is 1.99. The van der Waals surface area contributed by atoms with Gasteiger partial charge in [0.25, 0.3) is 0 Å². The van der Waals surface area contributed by atoms with Gasteiger partial charge in [-0.15, -0.1) is 0 Å². The van der Waals surface area contributed by atoms with Crippen LogP contribution in [0.4, 0.5) is 10.1 Å². The van der Waals surface area contributed by atoms with Gasteiger partial charge in [-0.1, -0.05) is 26.2 Å². The number of carbonyl (C=O) groups is 1. The molecule has 0 unspecified atom stereocenters. The number of benzene rings is 1. The molecule has 142 valence electrons. The van der Waals surface area contributed by atoms with Crippen molar-refractivity contribution in [1.29, 1.82) is 0 Å². The molecule has 1 amide bonds. The SMILES string of the molecule is CC1CC1.CN1CCC2(CC1)CN(C(=O)C1CCC1)c1ccc(F)cc12. The molecule has 1 aromatic carbocycles. The van der Waals surface area contributed by atoms with Gasteiger partial charge in [0.15, 0.2) is 0 Å². The fourth-order valence-corrected chi connectivity index (χ4v) is 4.35. The normalized spacial score (nSPS) is 24.7. The third kappa shape index (κ3) is 3.40. The number of nitrogens with zero attached hydrogens (tertiary/aromatic N) is 2. The molecule has 2 saturated carbocycles. The van der Waals surface area contributed by atoms with Gasteiger partial charge in [0.1, 0.15) is 5.82 Å². The number of amides is 1. The van der Waals surface area contributed by atoms with Crippen LogP contribution in [0.5, 0.6) is 0 Å². The molecule has 0 N–H and O–H groups in total. The Morgan fingerprint density at radius 3 is 2.35 bits per heavy atom. The van der Waals surface area contributed by atoms with E-state index in [9.17, 15) is 9.18 Å². The molecule has 1 aromatic rings. The monoisotopic (exact) mass is 358 g/mol. The zero-order chi connectivity index (χ0) is 18.3. The van der Waals surface area contributed by atoms with E-state index in [2.05, 4.69) is 18.9 Å². The minimum Gasteiger partial charge on any atom is -0.311 e. The number of fused-ring (bicyclic) bond motifs is 2. The smallest absolute Gasteiger partial charge is 0.230 e. The van der Waals surface area contributed by atoms with Gasteiger partial charge in [-0.25, -0.2) is 4.39 Å². The highest BCUT2D eigenvalue weighted by molar-refractivity contribution is 5.98. The summed E-state index contributed by atoms with van der Waals surface area (Å²) in [6.07, 6.45) is 8.18. The first-order valence-electron chi connectivity index (χ1n) is 10.3. The Hall–Kier alpha value is -1.42. The molecule has 0 atom stereocenters. The Morgan fingerprint density at radius 1 is 1.15 bits per heavy atom. The van der Waals surface area contributed by atoms with E-state index in [1.54, 1.807) is 6.07 Å². The van der Waals surface area contributed by atoms with Crippen molar-refractivity contribution in [2.45, 2.75) is 57.3 Å². The molecule has 4 heteroatoms. The third-order valence-corrected chi connectivity index (χ3v) is 6.81. The van der Waals surface area contributed by atoms with Gasteiger partial charge in [-0.3, -0.25) is 4.79 Å². The molecule has 2 aliphatic heterocycles. The molecular formula is C22H31FN2O.